The van der Waals surface area contributed by atoms with Crippen molar-refractivity contribution in [2.75, 3.05) is 25.5 Å². The van der Waals surface area contributed by atoms with Crippen molar-refractivity contribution in [2.24, 2.45) is 11.8 Å². The molecule has 134 valence electrons. The molecule has 0 bridgehead atoms. The van der Waals surface area contributed by atoms with Crippen LogP contribution in [0.2, 0.25) is 0 Å². The van der Waals surface area contributed by atoms with E-state index in [1.807, 2.05) is 6.92 Å². The Hall–Kier alpha value is -1.89. The molecule has 0 aliphatic carbocycles. The maximum atomic E-state index is 12.5. The molecule has 2 atom stereocenters. The van der Waals surface area contributed by atoms with Crippen LogP contribution < -0.4 is 20.1 Å². The zero-order chi connectivity index (χ0) is 17.5. The minimum Gasteiger partial charge on any atom is -0.497 e. The number of rotatable bonds is 7. The average molecular weight is 342 g/mol. The second kappa shape index (κ2) is 8.82. The Labute approximate surface area is 140 Å². The molecule has 2 rings (SSSR count). The second-order valence-corrected chi connectivity index (χ2v) is 6.08. The van der Waals surface area contributed by atoms with Gasteiger partial charge < -0.3 is 20.1 Å². The fourth-order valence-corrected chi connectivity index (χ4v) is 2.96. The Morgan fingerprint density at radius 2 is 2.25 bits per heavy atom. The first kappa shape index (κ1) is 18.4. The summed E-state index contributed by atoms with van der Waals surface area (Å²) in [7, 11) is 1.47. The predicted octanol–water partition coefficient (Wildman–Crippen LogP) is 3.26. The lowest BCUT2D eigenvalue weighted by molar-refractivity contribution is -0.117. The number of amides is 1. The fourth-order valence-electron chi connectivity index (χ4n) is 2.96. The highest BCUT2D eigenvalue weighted by molar-refractivity contribution is 5.92. The lowest BCUT2D eigenvalue weighted by Crippen LogP contribution is -2.34. The van der Waals surface area contributed by atoms with Crippen LogP contribution in [-0.2, 0) is 4.79 Å². The maximum absolute atomic E-state index is 12.5. The van der Waals surface area contributed by atoms with Gasteiger partial charge in [-0.05, 0) is 49.9 Å². The molecule has 1 saturated heterocycles. The zero-order valence-electron chi connectivity index (χ0n) is 14.0. The Morgan fingerprint density at radius 1 is 1.46 bits per heavy atom. The number of methoxy groups -OCH3 is 1. The number of anilines is 1. The number of ether oxygens (including phenoxy) is 2. The van der Waals surface area contributed by atoms with E-state index in [2.05, 4.69) is 15.4 Å². The fraction of sp³-hybridized carbons (Fsp3) is 0.588. The molecule has 0 saturated carbocycles. The predicted molar refractivity (Wildman–Crippen MR) is 87.6 cm³/mol. The molecule has 0 spiro atoms. The van der Waals surface area contributed by atoms with Crippen LogP contribution in [0.4, 0.5) is 14.5 Å². The summed E-state index contributed by atoms with van der Waals surface area (Å²) >= 11 is 0. The van der Waals surface area contributed by atoms with E-state index in [0.29, 0.717) is 18.1 Å². The van der Waals surface area contributed by atoms with Crippen LogP contribution in [0.3, 0.4) is 0 Å². The van der Waals surface area contributed by atoms with Crippen molar-refractivity contribution in [3.05, 3.63) is 18.2 Å². The van der Waals surface area contributed by atoms with Gasteiger partial charge >= 0.3 is 6.61 Å². The molecule has 1 aromatic carbocycles. The molecule has 1 heterocycles. The summed E-state index contributed by atoms with van der Waals surface area (Å²) < 4.78 is 34.5. The minimum atomic E-state index is -2.96. The molecule has 2 N–H and O–H groups in total. The summed E-state index contributed by atoms with van der Waals surface area (Å²) in [6, 6.07) is 4.33. The van der Waals surface area contributed by atoms with Crippen LogP contribution in [0.25, 0.3) is 0 Å². The molecule has 5 nitrogen and oxygen atoms in total. The summed E-state index contributed by atoms with van der Waals surface area (Å²) in [4.78, 5) is 12.3. The zero-order valence-corrected chi connectivity index (χ0v) is 14.0. The van der Waals surface area contributed by atoms with Crippen molar-refractivity contribution in [3.8, 4) is 11.5 Å². The first-order chi connectivity index (χ1) is 11.5. The number of hydrogen-bond donors (Lipinski definition) is 2. The molecule has 24 heavy (non-hydrogen) atoms. The number of carbonyl (C=O) groups excluding carboxylic acids is 1. The molecule has 7 heteroatoms. The Kier molecular flexibility index (Phi) is 6.78. The second-order valence-electron chi connectivity index (χ2n) is 6.08. The van der Waals surface area contributed by atoms with E-state index in [1.165, 1.54) is 25.3 Å². The molecular formula is C17H24F2N2O3. The molecule has 0 radical (unpaired) electrons. The van der Waals surface area contributed by atoms with Crippen LogP contribution in [0.1, 0.15) is 26.2 Å². The lowest BCUT2D eigenvalue weighted by Gasteiger charge is -2.28. The van der Waals surface area contributed by atoms with Crippen LogP contribution in [-0.4, -0.2) is 32.7 Å². The number of halogens is 2. The Morgan fingerprint density at radius 3 is 2.88 bits per heavy atom. The van der Waals surface area contributed by atoms with Crippen LogP contribution in [0.15, 0.2) is 18.2 Å². The van der Waals surface area contributed by atoms with Gasteiger partial charge in [0.2, 0.25) is 5.91 Å². The molecule has 1 aliphatic rings. The summed E-state index contributed by atoms with van der Waals surface area (Å²) in [6.07, 6.45) is 2.54. The molecule has 0 unspecified atom stereocenters. The van der Waals surface area contributed by atoms with E-state index in [-0.39, 0.29) is 23.3 Å². The lowest BCUT2D eigenvalue weighted by atomic mass is 9.85. The van der Waals surface area contributed by atoms with E-state index in [4.69, 9.17) is 4.74 Å². The standard InChI is InChI=1S/C17H24F2N2O3/c1-11(12-4-3-7-20-10-12)8-16(22)21-14-9-13(23-2)5-6-15(14)24-17(18)19/h5-6,9,11-12,17,20H,3-4,7-8,10H2,1-2H3,(H,21,22)/t11-,12+/m0/s1. The summed E-state index contributed by atoms with van der Waals surface area (Å²) in [5.74, 6) is 0.817. The van der Waals surface area contributed by atoms with Crippen molar-refractivity contribution in [1.29, 1.82) is 0 Å². The van der Waals surface area contributed by atoms with Gasteiger partial charge in [-0.15, -0.1) is 0 Å². The molecule has 1 fully saturated rings. The van der Waals surface area contributed by atoms with E-state index < -0.39 is 6.61 Å². The van der Waals surface area contributed by atoms with Crippen LogP contribution >= 0.6 is 0 Å². The van der Waals surface area contributed by atoms with Crippen molar-refractivity contribution >= 4 is 11.6 Å². The molecule has 0 aromatic heterocycles. The van der Waals surface area contributed by atoms with Gasteiger partial charge in [0.1, 0.15) is 11.5 Å². The van der Waals surface area contributed by atoms with Gasteiger partial charge in [0.15, 0.2) is 0 Å². The van der Waals surface area contributed by atoms with E-state index >= 15 is 0 Å². The maximum Gasteiger partial charge on any atom is 0.387 e. The summed E-state index contributed by atoms with van der Waals surface area (Å²) in [5.41, 5.74) is 0.189. The number of alkyl halides is 2. The molecule has 1 aliphatic heterocycles. The van der Waals surface area contributed by atoms with Crippen LogP contribution in [0.5, 0.6) is 11.5 Å². The third-order valence-electron chi connectivity index (χ3n) is 4.32. The molecule has 1 amide bonds. The van der Waals surface area contributed by atoms with Crippen molar-refractivity contribution in [3.63, 3.8) is 0 Å². The third kappa shape index (κ3) is 5.33. The van der Waals surface area contributed by atoms with E-state index in [9.17, 15) is 13.6 Å². The topological polar surface area (TPSA) is 59.6 Å². The SMILES string of the molecule is COc1ccc(OC(F)F)c(NC(=O)C[C@H](C)[C@@H]2CCCNC2)c1. The highest BCUT2D eigenvalue weighted by Crippen LogP contribution is 2.31. The van der Waals surface area contributed by atoms with Gasteiger partial charge in [0, 0.05) is 12.5 Å². The number of benzene rings is 1. The van der Waals surface area contributed by atoms with Gasteiger partial charge in [0.05, 0.1) is 12.8 Å². The van der Waals surface area contributed by atoms with Gasteiger partial charge in [-0.3, -0.25) is 4.79 Å². The van der Waals surface area contributed by atoms with Crippen molar-refractivity contribution in [1.82, 2.24) is 5.32 Å². The summed E-state index contributed by atoms with van der Waals surface area (Å²) in [6.45, 7) is 1.02. The van der Waals surface area contributed by atoms with Crippen LogP contribution in [0, 0.1) is 11.8 Å². The monoisotopic (exact) mass is 342 g/mol. The number of nitrogens with one attached hydrogen (secondary N) is 2. The van der Waals surface area contributed by atoms with Gasteiger partial charge in [-0.2, -0.15) is 8.78 Å². The van der Waals surface area contributed by atoms with E-state index in [0.717, 1.165) is 25.9 Å². The summed E-state index contributed by atoms with van der Waals surface area (Å²) in [5, 5.41) is 6.00. The smallest absolute Gasteiger partial charge is 0.387 e. The number of carbonyl (C=O) groups is 1. The molecule has 1 aromatic rings. The first-order valence-corrected chi connectivity index (χ1v) is 8.13. The van der Waals surface area contributed by atoms with Crippen molar-refractivity contribution in [2.45, 2.75) is 32.8 Å². The first-order valence-electron chi connectivity index (χ1n) is 8.13. The van der Waals surface area contributed by atoms with Gasteiger partial charge in [0.25, 0.3) is 0 Å². The Bertz CT molecular complexity index is 549. The highest BCUT2D eigenvalue weighted by Gasteiger charge is 2.22. The molecular weight excluding hydrogens is 318 g/mol. The van der Waals surface area contributed by atoms with E-state index in [1.54, 1.807) is 0 Å². The van der Waals surface area contributed by atoms with Crippen molar-refractivity contribution < 1.29 is 23.0 Å². The van der Waals surface area contributed by atoms with Gasteiger partial charge in [-0.1, -0.05) is 6.92 Å². The van der Waals surface area contributed by atoms with Gasteiger partial charge in [-0.25, -0.2) is 0 Å². The number of piperidine rings is 1. The normalized spacial score (nSPS) is 19.0. The highest BCUT2D eigenvalue weighted by atomic mass is 19.3. The third-order valence-corrected chi connectivity index (χ3v) is 4.32. The quantitative estimate of drug-likeness (QED) is 0.798. The number of hydrogen-bond acceptors (Lipinski definition) is 4. The minimum absolute atomic E-state index is 0.0777. The average Bonchev–Trinajstić information content (AvgIpc) is 2.56. The Balaban J connectivity index is 2.01. The largest absolute Gasteiger partial charge is 0.497 e.